The Balaban J connectivity index is 2.14. The molecule has 0 aliphatic heterocycles. The number of carboxylic acids is 1. The summed E-state index contributed by atoms with van der Waals surface area (Å²) in [5, 5.41) is 9.97. The second kappa shape index (κ2) is 5.57. The van der Waals surface area contributed by atoms with E-state index in [1.54, 1.807) is 6.07 Å². The van der Waals surface area contributed by atoms with E-state index in [2.05, 4.69) is 4.90 Å². The van der Waals surface area contributed by atoms with E-state index < -0.39 is 5.97 Å². The van der Waals surface area contributed by atoms with Crippen molar-refractivity contribution >= 4 is 30.1 Å². The van der Waals surface area contributed by atoms with Crippen LogP contribution in [0.2, 0.25) is 0 Å². The molecule has 2 aromatic rings. The minimum atomic E-state index is -0.818. The first-order valence-corrected chi connectivity index (χ1v) is 7.32. The molecule has 0 atom stereocenters. The molecule has 5 heteroatoms. The van der Waals surface area contributed by atoms with Crippen molar-refractivity contribution in [2.24, 2.45) is 0 Å². The Morgan fingerprint density at radius 2 is 2.17 bits per heavy atom. The van der Waals surface area contributed by atoms with Gasteiger partial charge in [0.15, 0.2) is 0 Å². The quantitative estimate of drug-likeness (QED) is 0.851. The minimum absolute atomic E-state index is 0.109. The van der Waals surface area contributed by atoms with Crippen molar-refractivity contribution in [1.29, 1.82) is 0 Å². The van der Waals surface area contributed by atoms with Crippen LogP contribution in [0.4, 0.5) is 0 Å². The van der Waals surface area contributed by atoms with E-state index >= 15 is 0 Å². The summed E-state index contributed by atoms with van der Waals surface area (Å²) >= 11 is -0.109. The Labute approximate surface area is 112 Å². The standard InChI is InChI=1S/C13H15NO3Se/c1-14(2)5-6-17-10-4-3-9-7-12(13(15)16)18-11(9)8-10/h3-4,7-8H,5-6H2,1-2H3,(H,15,16). The molecule has 0 radical (unpaired) electrons. The number of benzene rings is 1. The van der Waals surface area contributed by atoms with Gasteiger partial charge in [0.2, 0.25) is 0 Å². The Morgan fingerprint density at radius 1 is 1.39 bits per heavy atom. The Hall–Kier alpha value is -1.29. The molecule has 96 valence electrons. The van der Waals surface area contributed by atoms with Crippen molar-refractivity contribution in [3.8, 4) is 5.75 Å². The maximum atomic E-state index is 10.9. The van der Waals surface area contributed by atoms with Gasteiger partial charge in [-0.15, -0.1) is 0 Å². The molecule has 0 unspecified atom stereocenters. The first-order chi connectivity index (χ1) is 8.56. The van der Waals surface area contributed by atoms with Crippen molar-refractivity contribution in [1.82, 2.24) is 4.90 Å². The number of ether oxygens (including phenoxy) is 1. The third-order valence-electron chi connectivity index (χ3n) is 2.51. The summed E-state index contributed by atoms with van der Waals surface area (Å²) in [5.74, 6) is -0.00112. The van der Waals surface area contributed by atoms with Crippen LogP contribution in [0.1, 0.15) is 9.23 Å². The molecule has 0 aliphatic carbocycles. The summed E-state index contributed by atoms with van der Waals surface area (Å²) in [6.45, 7) is 1.50. The topological polar surface area (TPSA) is 49.8 Å². The van der Waals surface area contributed by atoms with Gasteiger partial charge in [0.05, 0.1) is 0 Å². The molecular weight excluding hydrogens is 297 g/mol. The Bertz CT molecular complexity index is 562. The molecule has 1 N–H and O–H groups in total. The molecule has 18 heavy (non-hydrogen) atoms. The number of fused-ring (bicyclic) bond motifs is 1. The Morgan fingerprint density at radius 3 is 2.83 bits per heavy atom. The van der Waals surface area contributed by atoms with Crippen LogP contribution in [0, 0.1) is 0 Å². The predicted molar refractivity (Wildman–Crippen MR) is 71.9 cm³/mol. The average molecular weight is 312 g/mol. The fourth-order valence-corrected chi connectivity index (χ4v) is 3.50. The molecule has 0 spiro atoms. The summed E-state index contributed by atoms with van der Waals surface area (Å²) in [6.07, 6.45) is 0. The van der Waals surface area contributed by atoms with Gasteiger partial charge in [-0.25, -0.2) is 0 Å². The summed E-state index contributed by atoms with van der Waals surface area (Å²) in [7, 11) is 4.00. The maximum absolute atomic E-state index is 10.9. The molecule has 0 saturated carbocycles. The van der Waals surface area contributed by atoms with Gasteiger partial charge in [0, 0.05) is 0 Å². The van der Waals surface area contributed by atoms with Crippen LogP contribution in [0.5, 0.6) is 5.75 Å². The first kappa shape index (κ1) is 13.1. The molecule has 0 fully saturated rings. The van der Waals surface area contributed by atoms with Crippen LogP contribution >= 0.6 is 0 Å². The normalized spacial score (nSPS) is 11.1. The van der Waals surface area contributed by atoms with E-state index in [9.17, 15) is 4.79 Å². The Kier molecular flexibility index (Phi) is 4.07. The molecule has 1 aromatic carbocycles. The zero-order chi connectivity index (χ0) is 13.1. The van der Waals surface area contributed by atoms with Crippen LogP contribution in [0.3, 0.4) is 0 Å². The van der Waals surface area contributed by atoms with Gasteiger partial charge in [0.1, 0.15) is 0 Å². The number of rotatable bonds is 5. The monoisotopic (exact) mass is 313 g/mol. The van der Waals surface area contributed by atoms with E-state index in [1.807, 2.05) is 32.3 Å². The number of likely N-dealkylation sites (N-methyl/N-ethyl adjacent to an activating group) is 1. The molecule has 0 saturated heterocycles. The number of carbonyl (C=O) groups is 1. The number of hydrogen-bond donors (Lipinski definition) is 1. The van der Waals surface area contributed by atoms with E-state index in [0.29, 0.717) is 11.0 Å². The van der Waals surface area contributed by atoms with Gasteiger partial charge < -0.3 is 0 Å². The summed E-state index contributed by atoms with van der Waals surface area (Å²) in [5.41, 5.74) is 0. The third-order valence-corrected chi connectivity index (χ3v) is 4.79. The number of aromatic carboxylic acids is 1. The molecule has 0 amide bonds. The number of hydrogen-bond acceptors (Lipinski definition) is 3. The zero-order valence-corrected chi connectivity index (χ0v) is 12.1. The van der Waals surface area contributed by atoms with Gasteiger partial charge >= 0.3 is 111 Å². The zero-order valence-electron chi connectivity index (χ0n) is 10.3. The fraction of sp³-hybridized carbons (Fsp3) is 0.308. The van der Waals surface area contributed by atoms with Crippen LogP contribution in [-0.4, -0.2) is 57.7 Å². The molecule has 2 rings (SSSR count). The second-order valence-corrected chi connectivity index (χ2v) is 6.54. The van der Waals surface area contributed by atoms with E-state index in [0.717, 1.165) is 21.9 Å². The molecule has 0 bridgehead atoms. The van der Waals surface area contributed by atoms with Crippen LogP contribution in [-0.2, 0) is 0 Å². The van der Waals surface area contributed by atoms with Gasteiger partial charge in [0.25, 0.3) is 0 Å². The van der Waals surface area contributed by atoms with Crippen LogP contribution in [0.25, 0.3) is 9.65 Å². The van der Waals surface area contributed by atoms with Crippen molar-refractivity contribution < 1.29 is 14.6 Å². The van der Waals surface area contributed by atoms with E-state index in [1.165, 1.54) is 0 Å². The van der Waals surface area contributed by atoms with E-state index in [4.69, 9.17) is 9.84 Å². The van der Waals surface area contributed by atoms with Gasteiger partial charge in [-0.1, -0.05) is 0 Å². The summed E-state index contributed by atoms with van der Waals surface area (Å²) in [6, 6.07) is 7.53. The van der Waals surface area contributed by atoms with Crippen molar-refractivity contribution in [2.45, 2.75) is 0 Å². The third kappa shape index (κ3) is 3.13. The van der Waals surface area contributed by atoms with Crippen molar-refractivity contribution in [3.05, 3.63) is 28.7 Å². The van der Waals surface area contributed by atoms with Gasteiger partial charge in [-0.2, -0.15) is 0 Å². The first-order valence-electron chi connectivity index (χ1n) is 5.60. The summed E-state index contributed by atoms with van der Waals surface area (Å²) in [4.78, 5) is 13.0. The van der Waals surface area contributed by atoms with Crippen LogP contribution in [0.15, 0.2) is 24.3 Å². The van der Waals surface area contributed by atoms with Gasteiger partial charge in [-0.3, -0.25) is 0 Å². The second-order valence-electron chi connectivity index (χ2n) is 4.27. The number of nitrogens with zero attached hydrogens (tertiary/aromatic N) is 1. The molecule has 4 nitrogen and oxygen atoms in total. The molecule has 1 aromatic heterocycles. The van der Waals surface area contributed by atoms with Gasteiger partial charge in [-0.05, 0) is 0 Å². The van der Waals surface area contributed by atoms with Crippen molar-refractivity contribution in [2.75, 3.05) is 27.2 Å². The molecule has 1 heterocycles. The average Bonchev–Trinajstić information content (AvgIpc) is 2.71. The molecular formula is C13H15NO3Se. The van der Waals surface area contributed by atoms with E-state index in [-0.39, 0.29) is 14.5 Å². The number of carboxylic acid groups (broad SMARTS) is 1. The SMILES string of the molecule is CN(C)CCOc1ccc2cc(C(=O)O)[se]c2c1. The van der Waals surface area contributed by atoms with Crippen LogP contribution < -0.4 is 4.74 Å². The fourth-order valence-electron chi connectivity index (χ4n) is 1.55. The predicted octanol–water partition coefficient (Wildman–Crippen LogP) is 1.54. The van der Waals surface area contributed by atoms with Crippen molar-refractivity contribution in [3.63, 3.8) is 0 Å². The molecule has 0 aliphatic rings. The summed E-state index contributed by atoms with van der Waals surface area (Å²) < 4.78 is 7.22.